The Balaban J connectivity index is 1.91. The molecule has 2 amide bonds. The summed E-state index contributed by atoms with van der Waals surface area (Å²) < 4.78 is 0. The van der Waals surface area contributed by atoms with Gasteiger partial charge in [0.2, 0.25) is 0 Å². The molecule has 1 aliphatic carbocycles. The maximum Gasteiger partial charge on any atom is 0.329 e. The van der Waals surface area contributed by atoms with Crippen molar-refractivity contribution in [3.63, 3.8) is 0 Å². The first-order valence-electron chi connectivity index (χ1n) is 6.24. The van der Waals surface area contributed by atoms with E-state index in [1.807, 2.05) is 0 Å². The minimum Gasteiger partial charge on any atom is -0.480 e. The Kier molecular flexibility index (Phi) is 3.02. The second kappa shape index (κ2) is 4.20. The number of amides is 2. The van der Waals surface area contributed by atoms with Crippen LogP contribution in [0.15, 0.2) is 0 Å². The zero-order chi connectivity index (χ0) is 12.6. The highest BCUT2D eigenvalue weighted by atomic mass is 16.4. The maximum atomic E-state index is 12.0. The molecule has 5 nitrogen and oxygen atoms in total. The average molecular weight is 240 g/mol. The van der Waals surface area contributed by atoms with E-state index in [-0.39, 0.29) is 6.03 Å². The zero-order valence-electron chi connectivity index (χ0n) is 10.4. The Bertz CT molecular complexity index is 345. The molecule has 2 N–H and O–H groups in total. The van der Waals surface area contributed by atoms with Gasteiger partial charge in [0, 0.05) is 13.1 Å². The van der Waals surface area contributed by atoms with Crippen molar-refractivity contribution in [1.82, 2.24) is 10.2 Å². The molecule has 5 heteroatoms. The first-order valence-corrected chi connectivity index (χ1v) is 6.24. The molecule has 1 saturated carbocycles. The average Bonchev–Trinajstić information content (AvgIpc) is 2.81. The van der Waals surface area contributed by atoms with Gasteiger partial charge in [-0.2, -0.15) is 0 Å². The van der Waals surface area contributed by atoms with Gasteiger partial charge in [-0.1, -0.05) is 6.92 Å². The topological polar surface area (TPSA) is 69.6 Å². The van der Waals surface area contributed by atoms with Gasteiger partial charge in [-0.05, 0) is 38.0 Å². The van der Waals surface area contributed by atoms with Crippen molar-refractivity contribution < 1.29 is 14.7 Å². The van der Waals surface area contributed by atoms with Crippen LogP contribution >= 0.6 is 0 Å². The molecule has 2 fully saturated rings. The summed E-state index contributed by atoms with van der Waals surface area (Å²) in [5, 5.41) is 12.1. The molecule has 17 heavy (non-hydrogen) atoms. The van der Waals surface area contributed by atoms with Crippen LogP contribution in [0.5, 0.6) is 0 Å². The third-order valence-corrected chi connectivity index (χ3v) is 4.14. The molecule has 3 unspecified atom stereocenters. The van der Waals surface area contributed by atoms with Gasteiger partial charge < -0.3 is 15.3 Å². The SMILES string of the molecule is CC1CC1CNC(=O)N1CCCC1(C)C(=O)O. The summed E-state index contributed by atoms with van der Waals surface area (Å²) in [5.74, 6) is 0.363. The van der Waals surface area contributed by atoms with Gasteiger partial charge in [0.15, 0.2) is 0 Å². The standard InChI is InChI=1S/C12H20N2O3/c1-8-6-9(8)7-13-11(17)14-5-3-4-12(14,2)10(15)16/h8-9H,3-7H2,1-2H3,(H,13,17)(H,15,16). The van der Waals surface area contributed by atoms with E-state index in [0.717, 1.165) is 12.8 Å². The lowest BCUT2D eigenvalue weighted by molar-refractivity contribution is -0.147. The van der Waals surface area contributed by atoms with E-state index in [2.05, 4.69) is 12.2 Å². The molecule has 1 heterocycles. The Morgan fingerprint density at radius 1 is 1.53 bits per heavy atom. The highest BCUT2D eigenvalue weighted by Crippen LogP contribution is 2.37. The number of carboxylic acids is 1. The lowest BCUT2D eigenvalue weighted by Gasteiger charge is -2.31. The molecule has 0 radical (unpaired) electrons. The van der Waals surface area contributed by atoms with Crippen molar-refractivity contribution in [2.75, 3.05) is 13.1 Å². The van der Waals surface area contributed by atoms with Gasteiger partial charge in [-0.3, -0.25) is 0 Å². The van der Waals surface area contributed by atoms with Gasteiger partial charge in [0.1, 0.15) is 5.54 Å². The first kappa shape index (κ1) is 12.2. The maximum absolute atomic E-state index is 12.0. The van der Waals surface area contributed by atoms with Gasteiger partial charge in [0.05, 0.1) is 0 Å². The molecule has 0 aromatic rings. The summed E-state index contributed by atoms with van der Waals surface area (Å²) >= 11 is 0. The molecule has 0 bridgehead atoms. The van der Waals surface area contributed by atoms with Crippen molar-refractivity contribution in [1.29, 1.82) is 0 Å². The highest BCUT2D eigenvalue weighted by molar-refractivity contribution is 5.86. The zero-order valence-corrected chi connectivity index (χ0v) is 10.4. The van der Waals surface area contributed by atoms with E-state index < -0.39 is 11.5 Å². The number of urea groups is 1. The number of carbonyl (C=O) groups is 2. The van der Waals surface area contributed by atoms with Gasteiger partial charge in [-0.25, -0.2) is 9.59 Å². The number of carbonyl (C=O) groups excluding carboxylic acids is 1. The van der Waals surface area contributed by atoms with Crippen molar-refractivity contribution in [3.05, 3.63) is 0 Å². The quantitative estimate of drug-likeness (QED) is 0.781. The summed E-state index contributed by atoms with van der Waals surface area (Å²) in [6.45, 7) is 5.00. The van der Waals surface area contributed by atoms with E-state index in [1.54, 1.807) is 6.92 Å². The fourth-order valence-electron chi connectivity index (χ4n) is 2.51. The van der Waals surface area contributed by atoms with Crippen LogP contribution in [-0.2, 0) is 4.79 Å². The van der Waals surface area contributed by atoms with Crippen LogP contribution in [0.2, 0.25) is 0 Å². The second-order valence-electron chi connectivity index (χ2n) is 5.49. The minimum atomic E-state index is -1.03. The molecular weight excluding hydrogens is 220 g/mol. The van der Waals surface area contributed by atoms with Crippen LogP contribution in [0.25, 0.3) is 0 Å². The van der Waals surface area contributed by atoms with Crippen LogP contribution in [-0.4, -0.2) is 40.6 Å². The first-order chi connectivity index (χ1) is 7.95. The van der Waals surface area contributed by atoms with Crippen LogP contribution < -0.4 is 5.32 Å². The van der Waals surface area contributed by atoms with Gasteiger partial charge >= 0.3 is 12.0 Å². The number of aliphatic carboxylic acids is 1. The predicted octanol–water partition coefficient (Wildman–Crippen LogP) is 1.29. The number of nitrogens with one attached hydrogen (secondary N) is 1. The monoisotopic (exact) mass is 240 g/mol. The number of carboxylic acid groups (broad SMARTS) is 1. The third kappa shape index (κ3) is 2.23. The Labute approximate surface area is 101 Å². The second-order valence-corrected chi connectivity index (χ2v) is 5.49. The molecule has 1 saturated heterocycles. The normalized spacial score (nSPS) is 35.8. The molecule has 0 aromatic carbocycles. The fraction of sp³-hybridized carbons (Fsp3) is 0.833. The van der Waals surface area contributed by atoms with Crippen LogP contribution in [0.3, 0.4) is 0 Å². The lowest BCUT2D eigenvalue weighted by Crippen LogP contribution is -2.54. The predicted molar refractivity (Wildman–Crippen MR) is 62.7 cm³/mol. The fourth-order valence-corrected chi connectivity index (χ4v) is 2.51. The van der Waals surface area contributed by atoms with Gasteiger partial charge in [-0.15, -0.1) is 0 Å². The van der Waals surface area contributed by atoms with Crippen molar-refractivity contribution in [2.24, 2.45) is 11.8 Å². The summed E-state index contributed by atoms with van der Waals surface area (Å²) in [5.41, 5.74) is -1.03. The van der Waals surface area contributed by atoms with Crippen molar-refractivity contribution in [3.8, 4) is 0 Å². The molecule has 3 atom stereocenters. The Morgan fingerprint density at radius 2 is 2.18 bits per heavy atom. The van der Waals surface area contributed by atoms with E-state index in [4.69, 9.17) is 0 Å². The van der Waals surface area contributed by atoms with Crippen molar-refractivity contribution in [2.45, 2.75) is 38.6 Å². The molecule has 0 spiro atoms. The van der Waals surface area contributed by atoms with Crippen LogP contribution in [0.4, 0.5) is 4.79 Å². The van der Waals surface area contributed by atoms with E-state index >= 15 is 0 Å². The van der Waals surface area contributed by atoms with Crippen molar-refractivity contribution >= 4 is 12.0 Å². The highest BCUT2D eigenvalue weighted by Gasteiger charge is 2.46. The smallest absolute Gasteiger partial charge is 0.329 e. The lowest BCUT2D eigenvalue weighted by atomic mass is 10.00. The summed E-state index contributed by atoms with van der Waals surface area (Å²) in [6, 6.07) is -0.230. The molecule has 2 rings (SSSR count). The number of likely N-dealkylation sites (tertiary alicyclic amines) is 1. The number of rotatable bonds is 3. The summed E-state index contributed by atoms with van der Waals surface area (Å²) in [4.78, 5) is 24.6. The van der Waals surface area contributed by atoms with E-state index in [0.29, 0.717) is 31.3 Å². The molecule has 2 aliphatic rings. The molecule has 0 aromatic heterocycles. The molecular formula is C12H20N2O3. The molecule has 96 valence electrons. The molecule has 1 aliphatic heterocycles. The van der Waals surface area contributed by atoms with E-state index in [1.165, 1.54) is 4.90 Å². The number of hydrogen-bond acceptors (Lipinski definition) is 2. The largest absolute Gasteiger partial charge is 0.480 e. The summed E-state index contributed by atoms with van der Waals surface area (Å²) in [6.07, 6.45) is 2.46. The van der Waals surface area contributed by atoms with E-state index in [9.17, 15) is 14.7 Å². The number of nitrogens with zero attached hydrogens (tertiary/aromatic N) is 1. The third-order valence-electron chi connectivity index (χ3n) is 4.14. The Morgan fingerprint density at radius 3 is 2.71 bits per heavy atom. The minimum absolute atomic E-state index is 0.230. The summed E-state index contributed by atoms with van der Waals surface area (Å²) in [7, 11) is 0. The number of hydrogen-bond donors (Lipinski definition) is 2. The van der Waals surface area contributed by atoms with Gasteiger partial charge in [0.25, 0.3) is 0 Å². The Hall–Kier alpha value is -1.26. The van der Waals surface area contributed by atoms with Crippen LogP contribution in [0, 0.1) is 11.8 Å². The van der Waals surface area contributed by atoms with Crippen LogP contribution in [0.1, 0.15) is 33.1 Å².